The summed E-state index contributed by atoms with van der Waals surface area (Å²) in [5.41, 5.74) is 3.91. The lowest BCUT2D eigenvalue weighted by Crippen LogP contribution is -2.13. The van der Waals surface area contributed by atoms with Gasteiger partial charge in [-0.2, -0.15) is 11.3 Å². The molecule has 1 heteroatoms. The van der Waals surface area contributed by atoms with E-state index < -0.39 is 0 Å². The van der Waals surface area contributed by atoms with Crippen LogP contribution in [0.2, 0.25) is 0 Å². The SMILES string of the molecule is CC(C)(C)Cc1cscc1CC(C)(C)C. The van der Waals surface area contributed by atoms with Crippen LogP contribution in [0.3, 0.4) is 0 Å². The first-order valence-corrected chi connectivity index (χ1v) is 6.66. The summed E-state index contributed by atoms with van der Waals surface area (Å²) in [7, 11) is 0. The van der Waals surface area contributed by atoms with Crippen LogP contribution in [0.25, 0.3) is 0 Å². The molecule has 0 radical (unpaired) electrons. The second-order valence-electron chi connectivity index (χ2n) is 6.90. The number of hydrogen-bond acceptors (Lipinski definition) is 1. The molecule has 0 unspecified atom stereocenters. The monoisotopic (exact) mass is 224 g/mol. The van der Waals surface area contributed by atoms with Crippen molar-refractivity contribution in [2.75, 3.05) is 0 Å². The largest absolute Gasteiger partial charge is 0.152 e. The van der Waals surface area contributed by atoms with E-state index in [1.165, 1.54) is 12.8 Å². The Morgan fingerprint density at radius 3 is 1.40 bits per heavy atom. The van der Waals surface area contributed by atoms with Gasteiger partial charge in [0.15, 0.2) is 0 Å². The van der Waals surface area contributed by atoms with Gasteiger partial charge >= 0.3 is 0 Å². The third-order valence-corrected chi connectivity index (χ3v) is 3.12. The van der Waals surface area contributed by atoms with Crippen LogP contribution in [-0.4, -0.2) is 0 Å². The Balaban J connectivity index is 2.79. The summed E-state index contributed by atoms with van der Waals surface area (Å²) in [6.45, 7) is 13.9. The molecule has 0 saturated heterocycles. The number of thiophene rings is 1. The normalized spacial score (nSPS) is 13.2. The molecule has 86 valence electrons. The van der Waals surface area contributed by atoms with E-state index in [9.17, 15) is 0 Å². The highest BCUT2D eigenvalue weighted by Crippen LogP contribution is 2.30. The Bertz CT molecular complexity index is 276. The molecular formula is C14H24S. The Kier molecular flexibility index (Phi) is 3.65. The fourth-order valence-corrected chi connectivity index (χ4v) is 2.67. The van der Waals surface area contributed by atoms with Crippen molar-refractivity contribution in [3.05, 3.63) is 21.9 Å². The molecule has 15 heavy (non-hydrogen) atoms. The van der Waals surface area contributed by atoms with Gasteiger partial charge in [0, 0.05) is 0 Å². The van der Waals surface area contributed by atoms with Crippen molar-refractivity contribution in [2.24, 2.45) is 10.8 Å². The summed E-state index contributed by atoms with van der Waals surface area (Å²) < 4.78 is 0. The molecule has 1 rings (SSSR count). The van der Waals surface area contributed by atoms with Crippen LogP contribution in [0.4, 0.5) is 0 Å². The van der Waals surface area contributed by atoms with Crippen LogP contribution in [0.1, 0.15) is 52.7 Å². The standard InChI is InChI=1S/C14H24S/c1-13(2,3)7-11-9-15-10-12(11)8-14(4,5)6/h9-10H,7-8H2,1-6H3. The van der Waals surface area contributed by atoms with Crippen molar-refractivity contribution in [2.45, 2.75) is 54.4 Å². The lowest BCUT2D eigenvalue weighted by molar-refractivity contribution is 0.393. The molecule has 0 atom stereocenters. The van der Waals surface area contributed by atoms with Gasteiger partial charge in [-0.15, -0.1) is 0 Å². The van der Waals surface area contributed by atoms with Crippen molar-refractivity contribution in [1.82, 2.24) is 0 Å². The van der Waals surface area contributed by atoms with Crippen LogP contribution in [0.5, 0.6) is 0 Å². The zero-order chi connectivity index (χ0) is 11.7. The summed E-state index contributed by atoms with van der Waals surface area (Å²) in [6.07, 6.45) is 2.39. The fourth-order valence-electron chi connectivity index (χ4n) is 1.80. The minimum Gasteiger partial charge on any atom is -0.152 e. The van der Waals surface area contributed by atoms with E-state index in [0.29, 0.717) is 10.8 Å². The minimum absolute atomic E-state index is 0.397. The lowest BCUT2D eigenvalue weighted by Gasteiger charge is -2.22. The number of hydrogen-bond donors (Lipinski definition) is 0. The van der Waals surface area contributed by atoms with Crippen LogP contribution in [-0.2, 0) is 12.8 Å². The van der Waals surface area contributed by atoms with Crippen LogP contribution in [0, 0.1) is 10.8 Å². The molecule has 0 spiro atoms. The maximum atomic E-state index is 2.33. The van der Waals surface area contributed by atoms with Gasteiger partial charge in [-0.3, -0.25) is 0 Å². The molecule has 1 aromatic heterocycles. The first-order valence-electron chi connectivity index (χ1n) is 5.71. The van der Waals surface area contributed by atoms with Gasteiger partial charge in [0.2, 0.25) is 0 Å². The third-order valence-electron chi connectivity index (χ3n) is 2.27. The Morgan fingerprint density at radius 1 is 0.800 bits per heavy atom. The maximum Gasteiger partial charge on any atom is -0.00582 e. The van der Waals surface area contributed by atoms with Crippen molar-refractivity contribution in [3.8, 4) is 0 Å². The summed E-state index contributed by atoms with van der Waals surface area (Å²) in [6, 6.07) is 0. The van der Waals surface area contributed by atoms with Gasteiger partial charge in [0.1, 0.15) is 0 Å². The topological polar surface area (TPSA) is 0 Å². The Hall–Kier alpha value is -0.300. The molecule has 1 aromatic rings. The molecular weight excluding hydrogens is 200 g/mol. The summed E-state index contributed by atoms with van der Waals surface area (Å²) in [5, 5.41) is 4.65. The zero-order valence-corrected chi connectivity index (χ0v) is 11.8. The molecule has 0 aliphatic carbocycles. The molecule has 0 amide bonds. The fraction of sp³-hybridized carbons (Fsp3) is 0.714. The average molecular weight is 224 g/mol. The second kappa shape index (κ2) is 4.29. The Labute approximate surface area is 98.7 Å². The van der Waals surface area contributed by atoms with Crippen molar-refractivity contribution in [3.63, 3.8) is 0 Å². The van der Waals surface area contributed by atoms with Gasteiger partial charge in [0.25, 0.3) is 0 Å². The lowest BCUT2D eigenvalue weighted by atomic mass is 9.83. The van der Waals surface area contributed by atoms with E-state index >= 15 is 0 Å². The van der Waals surface area contributed by atoms with Gasteiger partial charge in [-0.1, -0.05) is 41.5 Å². The Morgan fingerprint density at radius 2 is 1.13 bits per heavy atom. The highest BCUT2D eigenvalue weighted by molar-refractivity contribution is 7.08. The van der Waals surface area contributed by atoms with Crippen LogP contribution < -0.4 is 0 Å². The van der Waals surface area contributed by atoms with Crippen LogP contribution >= 0.6 is 11.3 Å². The van der Waals surface area contributed by atoms with Gasteiger partial charge in [-0.05, 0) is 45.6 Å². The third kappa shape index (κ3) is 4.83. The van der Waals surface area contributed by atoms with Gasteiger partial charge in [0.05, 0.1) is 0 Å². The van der Waals surface area contributed by atoms with E-state index in [1.54, 1.807) is 11.1 Å². The molecule has 0 bridgehead atoms. The molecule has 0 fully saturated rings. The van der Waals surface area contributed by atoms with Crippen molar-refractivity contribution >= 4 is 11.3 Å². The zero-order valence-electron chi connectivity index (χ0n) is 11.0. The first-order chi connectivity index (χ1) is 6.67. The van der Waals surface area contributed by atoms with Crippen molar-refractivity contribution in [1.29, 1.82) is 0 Å². The van der Waals surface area contributed by atoms with Crippen molar-refractivity contribution < 1.29 is 0 Å². The predicted molar refractivity (Wildman–Crippen MR) is 70.6 cm³/mol. The highest BCUT2D eigenvalue weighted by Gasteiger charge is 2.18. The van der Waals surface area contributed by atoms with E-state index in [2.05, 4.69) is 52.3 Å². The predicted octanol–water partition coefficient (Wildman–Crippen LogP) is 4.93. The summed E-state index contributed by atoms with van der Waals surface area (Å²) in [5.74, 6) is 0. The smallest absolute Gasteiger partial charge is 0.00582 e. The van der Waals surface area contributed by atoms with E-state index in [1.807, 2.05) is 11.3 Å². The molecule has 0 aliphatic rings. The second-order valence-corrected chi connectivity index (χ2v) is 7.64. The average Bonchev–Trinajstić information content (AvgIpc) is 2.29. The van der Waals surface area contributed by atoms with Gasteiger partial charge < -0.3 is 0 Å². The molecule has 0 nitrogen and oxygen atoms in total. The molecule has 1 heterocycles. The minimum atomic E-state index is 0.397. The molecule has 0 aromatic carbocycles. The van der Waals surface area contributed by atoms with Crippen LogP contribution in [0.15, 0.2) is 10.8 Å². The molecule has 0 aliphatic heterocycles. The summed E-state index contributed by atoms with van der Waals surface area (Å²) in [4.78, 5) is 0. The van der Waals surface area contributed by atoms with E-state index in [0.717, 1.165) is 0 Å². The molecule has 0 saturated carbocycles. The van der Waals surface area contributed by atoms with E-state index in [4.69, 9.17) is 0 Å². The molecule has 0 N–H and O–H groups in total. The highest BCUT2D eigenvalue weighted by atomic mass is 32.1. The summed E-state index contributed by atoms with van der Waals surface area (Å²) >= 11 is 1.85. The number of rotatable bonds is 2. The first kappa shape index (κ1) is 12.8. The quantitative estimate of drug-likeness (QED) is 0.668. The van der Waals surface area contributed by atoms with E-state index in [-0.39, 0.29) is 0 Å². The maximum absolute atomic E-state index is 2.33. The van der Waals surface area contributed by atoms with Gasteiger partial charge in [-0.25, -0.2) is 0 Å².